The Kier molecular flexibility index (Phi) is 7.21. The molecule has 0 radical (unpaired) electrons. The molecule has 2 amide bonds. The van der Waals surface area contributed by atoms with Crippen LogP contribution < -0.4 is 10.6 Å². The molecule has 4 rings (SSSR count). The molecule has 0 aromatic heterocycles. The lowest BCUT2D eigenvalue weighted by molar-refractivity contribution is -0.120. The van der Waals surface area contributed by atoms with Crippen molar-refractivity contribution in [3.8, 4) is 11.1 Å². The van der Waals surface area contributed by atoms with Crippen LogP contribution in [0.1, 0.15) is 41.3 Å². The van der Waals surface area contributed by atoms with Crippen LogP contribution in [0.3, 0.4) is 0 Å². The van der Waals surface area contributed by atoms with Gasteiger partial charge in [0.1, 0.15) is 6.61 Å². The summed E-state index contributed by atoms with van der Waals surface area (Å²) in [5.74, 6) is -2.27. The zero-order valence-electron chi connectivity index (χ0n) is 19.2. The number of carboxylic acids is 1. The molecule has 1 aliphatic rings. The van der Waals surface area contributed by atoms with Gasteiger partial charge >= 0.3 is 12.1 Å². The van der Waals surface area contributed by atoms with Crippen molar-refractivity contribution in [2.75, 3.05) is 11.9 Å². The van der Waals surface area contributed by atoms with Crippen LogP contribution in [0.25, 0.3) is 11.1 Å². The van der Waals surface area contributed by atoms with E-state index in [2.05, 4.69) is 38.7 Å². The molecular weight excluding hydrogens is 512 g/mol. The molecule has 3 aromatic carbocycles. The van der Waals surface area contributed by atoms with E-state index in [0.29, 0.717) is 4.47 Å². The highest BCUT2D eigenvalue weighted by molar-refractivity contribution is 9.10. The van der Waals surface area contributed by atoms with Crippen molar-refractivity contribution in [3.63, 3.8) is 0 Å². The highest BCUT2D eigenvalue weighted by atomic mass is 79.9. The summed E-state index contributed by atoms with van der Waals surface area (Å²) in [7, 11) is 0. The number of carboxylic acid groups (broad SMARTS) is 1. The van der Waals surface area contributed by atoms with Crippen molar-refractivity contribution >= 4 is 39.6 Å². The van der Waals surface area contributed by atoms with Gasteiger partial charge in [-0.05, 0) is 47.4 Å². The summed E-state index contributed by atoms with van der Waals surface area (Å²) in [6, 6.07) is 20.1. The second-order valence-corrected chi connectivity index (χ2v) is 9.45. The fraction of sp³-hybridized carbons (Fsp3) is 0.222. The summed E-state index contributed by atoms with van der Waals surface area (Å²) in [6.45, 7) is 3.53. The van der Waals surface area contributed by atoms with Crippen LogP contribution in [0.4, 0.5) is 10.5 Å². The normalized spacial score (nSPS) is 13.8. The van der Waals surface area contributed by atoms with Crippen molar-refractivity contribution < 1.29 is 24.2 Å². The first-order valence-corrected chi connectivity index (χ1v) is 12.0. The summed E-state index contributed by atoms with van der Waals surface area (Å²) < 4.78 is 6.19. The van der Waals surface area contributed by atoms with Gasteiger partial charge in [-0.1, -0.05) is 71.4 Å². The standard InChI is InChI=1S/C27H25BrN2O5/c1-15(25(31)30-24-13-17(28)11-12-22(24)26(32)33)16(2)29-27(34)35-14-23-20-9-5-3-7-18(20)19-8-4-6-10-21(19)23/h3-13,15-16,23H,14H2,1-2H3,(H,29,34)(H,30,31)(H,32,33). The Morgan fingerprint density at radius 1 is 0.971 bits per heavy atom. The fourth-order valence-electron chi connectivity index (χ4n) is 4.23. The maximum Gasteiger partial charge on any atom is 0.407 e. The van der Waals surface area contributed by atoms with Crippen LogP contribution in [-0.2, 0) is 9.53 Å². The summed E-state index contributed by atoms with van der Waals surface area (Å²) >= 11 is 3.28. The summed E-state index contributed by atoms with van der Waals surface area (Å²) in [6.07, 6.45) is -0.618. The first-order valence-electron chi connectivity index (χ1n) is 11.2. The minimum atomic E-state index is -1.15. The molecule has 0 heterocycles. The maximum atomic E-state index is 12.8. The van der Waals surface area contributed by atoms with Gasteiger partial charge < -0.3 is 20.5 Å². The third kappa shape index (κ3) is 5.22. The third-order valence-corrected chi connectivity index (χ3v) is 6.82. The zero-order chi connectivity index (χ0) is 25.1. The van der Waals surface area contributed by atoms with Gasteiger partial charge in [0.15, 0.2) is 0 Å². The number of nitrogens with one attached hydrogen (secondary N) is 2. The van der Waals surface area contributed by atoms with Crippen LogP contribution in [0.5, 0.6) is 0 Å². The summed E-state index contributed by atoms with van der Waals surface area (Å²) in [5.41, 5.74) is 4.67. The van der Waals surface area contributed by atoms with E-state index in [1.807, 2.05) is 36.4 Å². The van der Waals surface area contributed by atoms with E-state index >= 15 is 0 Å². The van der Waals surface area contributed by atoms with Gasteiger partial charge in [0.25, 0.3) is 0 Å². The smallest absolute Gasteiger partial charge is 0.407 e. The number of fused-ring (bicyclic) bond motifs is 3. The average Bonchev–Trinajstić information content (AvgIpc) is 3.15. The van der Waals surface area contributed by atoms with E-state index < -0.39 is 29.9 Å². The Balaban J connectivity index is 1.36. The number of anilines is 1. The molecule has 3 N–H and O–H groups in total. The van der Waals surface area contributed by atoms with Crippen molar-refractivity contribution in [3.05, 3.63) is 87.9 Å². The van der Waals surface area contributed by atoms with Gasteiger partial charge in [0.05, 0.1) is 17.2 Å². The molecular formula is C27H25BrN2O5. The molecule has 0 fully saturated rings. The van der Waals surface area contributed by atoms with Gasteiger partial charge in [0, 0.05) is 16.4 Å². The van der Waals surface area contributed by atoms with Crippen LogP contribution >= 0.6 is 15.9 Å². The lowest BCUT2D eigenvalue weighted by atomic mass is 9.98. The second kappa shape index (κ2) is 10.3. The monoisotopic (exact) mass is 536 g/mol. The molecule has 0 saturated carbocycles. The number of ether oxygens (including phenoxy) is 1. The first kappa shape index (κ1) is 24.5. The van der Waals surface area contributed by atoms with E-state index in [4.69, 9.17) is 4.74 Å². The second-order valence-electron chi connectivity index (χ2n) is 8.53. The third-order valence-electron chi connectivity index (χ3n) is 6.32. The SMILES string of the molecule is CC(NC(=O)OCC1c2ccccc2-c2ccccc21)C(C)C(=O)Nc1cc(Br)ccc1C(=O)O. The molecule has 1 aliphatic carbocycles. The number of hydrogen-bond acceptors (Lipinski definition) is 4. The Morgan fingerprint density at radius 2 is 1.57 bits per heavy atom. The molecule has 2 atom stereocenters. The number of alkyl carbamates (subject to hydrolysis) is 1. The number of hydrogen-bond donors (Lipinski definition) is 3. The average molecular weight is 537 g/mol. The van der Waals surface area contributed by atoms with E-state index in [-0.39, 0.29) is 23.8 Å². The van der Waals surface area contributed by atoms with Gasteiger partial charge in [-0.2, -0.15) is 0 Å². The Labute approximate surface area is 211 Å². The highest BCUT2D eigenvalue weighted by Crippen LogP contribution is 2.44. The maximum absolute atomic E-state index is 12.8. The van der Waals surface area contributed by atoms with E-state index in [1.54, 1.807) is 19.9 Å². The van der Waals surface area contributed by atoms with E-state index in [1.165, 1.54) is 12.1 Å². The highest BCUT2D eigenvalue weighted by Gasteiger charge is 2.30. The number of rotatable bonds is 7. The van der Waals surface area contributed by atoms with E-state index in [0.717, 1.165) is 22.3 Å². The Hall–Kier alpha value is -3.65. The predicted molar refractivity (Wildman–Crippen MR) is 137 cm³/mol. The number of amides is 2. The number of carbonyl (C=O) groups is 3. The molecule has 35 heavy (non-hydrogen) atoms. The molecule has 180 valence electrons. The quantitative estimate of drug-likeness (QED) is 0.362. The largest absolute Gasteiger partial charge is 0.478 e. The van der Waals surface area contributed by atoms with Gasteiger partial charge in [-0.25, -0.2) is 9.59 Å². The summed E-state index contributed by atoms with van der Waals surface area (Å²) in [4.78, 5) is 36.8. The van der Waals surface area contributed by atoms with Crippen LogP contribution in [0, 0.1) is 5.92 Å². The van der Waals surface area contributed by atoms with Crippen molar-refractivity contribution in [1.29, 1.82) is 0 Å². The van der Waals surface area contributed by atoms with Gasteiger partial charge in [-0.15, -0.1) is 0 Å². The zero-order valence-corrected chi connectivity index (χ0v) is 20.8. The number of aromatic carboxylic acids is 1. The molecule has 2 unspecified atom stereocenters. The Bertz CT molecular complexity index is 1250. The van der Waals surface area contributed by atoms with Crippen LogP contribution in [-0.4, -0.2) is 35.7 Å². The predicted octanol–water partition coefficient (Wildman–Crippen LogP) is 5.65. The first-order chi connectivity index (χ1) is 16.8. The minimum absolute atomic E-state index is 0.0223. The van der Waals surface area contributed by atoms with Crippen molar-refractivity contribution in [2.24, 2.45) is 5.92 Å². The molecule has 0 saturated heterocycles. The topological polar surface area (TPSA) is 105 Å². The minimum Gasteiger partial charge on any atom is -0.478 e. The fourth-order valence-corrected chi connectivity index (χ4v) is 4.59. The Morgan fingerprint density at radius 3 is 2.17 bits per heavy atom. The molecule has 0 spiro atoms. The van der Waals surface area contributed by atoms with Crippen LogP contribution in [0.15, 0.2) is 71.2 Å². The number of carbonyl (C=O) groups excluding carboxylic acids is 2. The summed E-state index contributed by atoms with van der Waals surface area (Å²) in [5, 5.41) is 14.7. The van der Waals surface area contributed by atoms with Gasteiger partial charge in [-0.3, -0.25) is 4.79 Å². The molecule has 0 bridgehead atoms. The van der Waals surface area contributed by atoms with Crippen LogP contribution in [0.2, 0.25) is 0 Å². The van der Waals surface area contributed by atoms with Crippen molar-refractivity contribution in [2.45, 2.75) is 25.8 Å². The van der Waals surface area contributed by atoms with Crippen molar-refractivity contribution in [1.82, 2.24) is 5.32 Å². The molecule has 3 aromatic rings. The number of halogens is 1. The van der Waals surface area contributed by atoms with E-state index in [9.17, 15) is 19.5 Å². The lowest BCUT2D eigenvalue weighted by Crippen LogP contribution is -2.42. The molecule has 7 nitrogen and oxygen atoms in total. The lowest BCUT2D eigenvalue weighted by Gasteiger charge is -2.22. The molecule has 8 heteroatoms. The molecule has 0 aliphatic heterocycles. The van der Waals surface area contributed by atoms with Gasteiger partial charge in [0.2, 0.25) is 5.91 Å². The number of benzene rings is 3.